The van der Waals surface area contributed by atoms with Gasteiger partial charge in [-0.2, -0.15) is 0 Å². The minimum absolute atomic E-state index is 0.359. The van der Waals surface area contributed by atoms with Crippen molar-refractivity contribution >= 4 is 40.4 Å². The van der Waals surface area contributed by atoms with Gasteiger partial charge >= 0.3 is 5.97 Å². The second-order valence-corrected chi connectivity index (χ2v) is 10.7. The number of benzene rings is 2. The Hall–Kier alpha value is -4.66. The smallest absolute Gasteiger partial charge is 0.328 e. The number of nitrogens with one attached hydrogen (secondary N) is 2. The van der Waals surface area contributed by atoms with Crippen molar-refractivity contribution in [3.8, 4) is 11.4 Å². The molecule has 1 saturated carbocycles. The summed E-state index contributed by atoms with van der Waals surface area (Å²) in [6, 6.07) is 12.4. The highest BCUT2D eigenvalue weighted by atomic mass is 16.4. The molecule has 0 bridgehead atoms. The molecule has 1 aliphatic rings. The maximum atomic E-state index is 13.3. The van der Waals surface area contributed by atoms with Gasteiger partial charge in [0.15, 0.2) is 6.39 Å². The van der Waals surface area contributed by atoms with E-state index >= 15 is 0 Å². The first kappa shape index (κ1) is 26.9. The van der Waals surface area contributed by atoms with E-state index in [1.807, 2.05) is 19.2 Å². The third-order valence-electron chi connectivity index (χ3n) is 7.52. The van der Waals surface area contributed by atoms with Gasteiger partial charge in [-0.3, -0.25) is 9.59 Å². The van der Waals surface area contributed by atoms with Crippen molar-refractivity contribution in [1.29, 1.82) is 0 Å². The van der Waals surface area contributed by atoms with E-state index in [0.717, 1.165) is 41.2 Å². The number of nitrogens with zero attached hydrogens (tertiary/aromatic N) is 2. The Labute approximate surface area is 231 Å². The SMILES string of the molecule is Cn1c(-c2cocn2)c(C2CCCC2)c2ccc(C(=O)NC(C)(C)C(=O)Nc3ccc(/C=C/C(=O)O)cc3)cc21. The van der Waals surface area contributed by atoms with E-state index in [0.29, 0.717) is 22.7 Å². The van der Waals surface area contributed by atoms with Crippen LogP contribution in [0.5, 0.6) is 0 Å². The van der Waals surface area contributed by atoms with Gasteiger partial charge in [0.2, 0.25) is 5.91 Å². The van der Waals surface area contributed by atoms with Crippen LogP contribution in [0, 0.1) is 0 Å². The maximum absolute atomic E-state index is 13.3. The number of carbonyl (C=O) groups excluding carboxylic acids is 2. The summed E-state index contributed by atoms with van der Waals surface area (Å²) >= 11 is 0. The van der Waals surface area contributed by atoms with Crippen LogP contribution >= 0.6 is 0 Å². The average molecular weight is 541 g/mol. The molecule has 1 fully saturated rings. The van der Waals surface area contributed by atoms with Gasteiger partial charge in [-0.1, -0.05) is 31.0 Å². The average Bonchev–Trinajstić information content (AvgIpc) is 3.69. The van der Waals surface area contributed by atoms with Gasteiger partial charge in [-0.25, -0.2) is 9.78 Å². The van der Waals surface area contributed by atoms with Gasteiger partial charge < -0.3 is 24.7 Å². The zero-order valence-electron chi connectivity index (χ0n) is 22.7. The maximum Gasteiger partial charge on any atom is 0.328 e. The zero-order chi connectivity index (χ0) is 28.4. The fourth-order valence-electron chi connectivity index (χ4n) is 5.42. The summed E-state index contributed by atoms with van der Waals surface area (Å²) in [5.74, 6) is -1.35. The van der Waals surface area contributed by atoms with Crippen molar-refractivity contribution in [2.75, 3.05) is 5.32 Å². The Kier molecular flexibility index (Phi) is 7.30. The Morgan fingerprint density at radius 1 is 1.10 bits per heavy atom. The molecule has 40 heavy (non-hydrogen) atoms. The first-order valence-electron chi connectivity index (χ1n) is 13.3. The first-order chi connectivity index (χ1) is 19.1. The van der Waals surface area contributed by atoms with Crippen molar-refractivity contribution in [3.05, 3.63) is 77.9 Å². The molecule has 0 saturated heterocycles. The molecule has 9 heteroatoms. The predicted molar refractivity (Wildman–Crippen MR) is 153 cm³/mol. The number of oxazole rings is 1. The fraction of sp³-hybridized carbons (Fsp3) is 0.290. The van der Waals surface area contributed by atoms with E-state index < -0.39 is 11.5 Å². The van der Waals surface area contributed by atoms with E-state index in [1.165, 1.54) is 30.9 Å². The van der Waals surface area contributed by atoms with Gasteiger partial charge in [-0.05, 0) is 74.1 Å². The molecule has 1 aliphatic carbocycles. The van der Waals surface area contributed by atoms with Crippen molar-refractivity contribution in [2.24, 2.45) is 7.05 Å². The number of aryl methyl sites for hydroxylation is 1. The molecule has 0 radical (unpaired) electrons. The molecule has 2 aromatic heterocycles. The van der Waals surface area contributed by atoms with Gasteiger partial charge in [0.25, 0.3) is 5.91 Å². The van der Waals surface area contributed by atoms with Crippen LogP contribution in [-0.2, 0) is 16.6 Å². The Bertz CT molecular complexity index is 1590. The Morgan fingerprint density at radius 2 is 1.82 bits per heavy atom. The number of hydrogen-bond acceptors (Lipinski definition) is 5. The predicted octanol–water partition coefficient (Wildman–Crippen LogP) is 5.74. The second-order valence-electron chi connectivity index (χ2n) is 10.7. The topological polar surface area (TPSA) is 126 Å². The third kappa shape index (κ3) is 5.40. The number of fused-ring (bicyclic) bond motifs is 1. The quantitative estimate of drug-likeness (QED) is 0.245. The minimum Gasteiger partial charge on any atom is -0.478 e. The summed E-state index contributed by atoms with van der Waals surface area (Å²) < 4.78 is 7.37. The van der Waals surface area contributed by atoms with Crippen LogP contribution in [0.2, 0.25) is 0 Å². The fourth-order valence-corrected chi connectivity index (χ4v) is 5.42. The summed E-state index contributed by atoms with van der Waals surface area (Å²) in [7, 11) is 1.98. The molecular formula is C31H32N4O5. The van der Waals surface area contributed by atoms with Gasteiger partial charge in [0.05, 0.1) is 5.69 Å². The van der Waals surface area contributed by atoms with Crippen LogP contribution in [0.1, 0.15) is 66.9 Å². The lowest BCUT2D eigenvalue weighted by atomic mass is 9.93. The number of hydrogen-bond donors (Lipinski definition) is 3. The van der Waals surface area contributed by atoms with Crippen LogP contribution in [0.4, 0.5) is 5.69 Å². The molecule has 4 aromatic rings. The lowest BCUT2D eigenvalue weighted by Crippen LogP contribution is -2.52. The molecule has 0 atom stereocenters. The highest BCUT2D eigenvalue weighted by Gasteiger charge is 2.31. The van der Waals surface area contributed by atoms with Crippen molar-refractivity contribution in [1.82, 2.24) is 14.9 Å². The lowest BCUT2D eigenvalue weighted by molar-refractivity contribution is -0.131. The molecule has 3 N–H and O–H groups in total. The van der Waals surface area contributed by atoms with Crippen LogP contribution in [0.25, 0.3) is 28.4 Å². The van der Waals surface area contributed by atoms with Crippen LogP contribution in [0.3, 0.4) is 0 Å². The highest BCUT2D eigenvalue weighted by molar-refractivity contribution is 6.05. The zero-order valence-corrected chi connectivity index (χ0v) is 22.7. The van der Waals surface area contributed by atoms with Crippen LogP contribution < -0.4 is 10.6 Å². The molecule has 2 amide bonds. The number of aliphatic carboxylic acids is 1. The van der Waals surface area contributed by atoms with E-state index in [1.54, 1.807) is 50.4 Å². The number of carboxylic acids is 1. The Balaban J connectivity index is 1.36. The molecular weight excluding hydrogens is 508 g/mol. The number of carbonyl (C=O) groups is 3. The molecule has 9 nitrogen and oxygen atoms in total. The standard InChI is InChI=1S/C31H32N4O5/c1-31(2,30(39)33-22-12-8-19(9-13-22)10-15-26(36)37)34-29(38)21-11-14-23-25(16-21)35(3)28(24-17-40-18-32-24)27(23)20-6-4-5-7-20/h8-18,20H,4-7H2,1-3H3,(H,33,39)(H,34,38)(H,36,37)/b15-10+. The van der Waals surface area contributed by atoms with E-state index in [2.05, 4.69) is 20.2 Å². The number of anilines is 1. The molecule has 206 valence electrons. The van der Waals surface area contributed by atoms with E-state index in [-0.39, 0.29) is 11.8 Å². The lowest BCUT2D eigenvalue weighted by Gasteiger charge is -2.25. The van der Waals surface area contributed by atoms with Crippen LogP contribution in [0.15, 0.2) is 65.6 Å². The molecule has 0 aliphatic heterocycles. The molecule has 0 unspecified atom stereocenters. The summed E-state index contributed by atoms with van der Waals surface area (Å²) in [6.07, 6.45) is 10.2. The van der Waals surface area contributed by atoms with Crippen molar-refractivity contribution < 1.29 is 23.9 Å². The molecule has 0 spiro atoms. The van der Waals surface area contributed by atoms with Gasteiger partial charge in [0, 0.05) is 35.3 Å². The van der Waals surface area contributed by atoms with Crippen molar-refractivity contribution in [2.45, 2.75) is 51.0 Å². The molecule has 5 rings (SSSR count). The molecule has 2 aromatic carbocycles. The van der Waals surface area contributed by atoms with E-state index in [4.69, 9.17) is 9.52 Å². The van der Waals surface area contributed by atoms with E-state index in [9.17, 15) is 14.4 Å². The highest BCUT2D eigenvalue weighted by Crippen LogP contribution is 2.44. The normalized spacial score (nSPS) is 14.2. The monoisotopic (exact) mass is 540 g/mol. The third-order valence-corrected chi connectivity index (χ3v) is 7.52. The van der Waals surface area contributed by atoms with Gasteiger partial charge in [0.1, 0.15) is 17.5 Å². The Morgan fingerprint density at radius 3 is 2.48 bits per heavy atom. The van der Waals surface area contributed by atoms with Gasteiger partial charge in [-0.15, -0.1) is 0 Å². The number of rotatable bonds is 8. The summed E-state index contributed by atoms with van der Waals surface area (Å²) in [5, 5.41) is 15.5. The van der Waals surface area contributed by atoms with Crippen molar-refractivity contribution in [3.63, 3.8) is 0 Å². The summed E-state index contributed by atoms with van der Waals surface area (Å²) in [4.78, 5) is 41.5. The number of amides is 2. The minimum atomic E-state index is -1.21. The summed E-state index contributed by atoms with van der Waals surface area (Å²) in [6.45, 7) is 3.29. The largest absolute Gasteiger partial charge is 0.478 e. The first-order valence-corrected chi connectivity index (χ1v) is 13.3. The number of carboxylic acid groups (broad SMARTS) is 1. The number of aromatic nitrogens is 2. The van der Waals surface area contributed by atoms with Crippen LogP contribution in [-0.4, -0.2) is 38.0 Å². The second kappa shape index (κ2) is 10.8. The summed E-state index contributed by atoms with van der Waals surface area (Å²) in [5.41, 5.74) is 4.42. The molecule has 2 heterocycles.